The van der Waals surface area contributed by atoms with Gasteiger partial charge in [0.15, 0.2) is 11.5 Å². The SMILES string of the molecule is CCCCCCCCCCCCCCCCCCOc1cc(C(=O)N(C)CCOC(=O)CCC(=O)OC2C[C@H](n3cc(C)c(=O)[nH]c3=O)O[C@@H]2COP(=O)(O)OC2C[C@H](n3cc(C)c(=O)[nH]c3=O)O[C@@H]2CC)cc(OCCCCCCCCCCCCCCCCCC)c1OCCCCCCCCCCCCCCCCCC. The van der Waals surface area contributed by atoms with E-state index in [4.69, 9.17) is 42.2 Å². The van der Waals surface area contributed by atoms with E-state index in [1.54, 1.807) is 26.1 Å². The number of phosphoric acid groups is 1. The second-order valence-electron chi connectivity index (χ2n) is 32.2. The smallest absolute Gasteiger partial charge is 0.472 e. The van der Waals surface area contributed by atoms with E-state index in [-0.39, 0.29) is 43.0 Å². The molecule has 113 heavy (non-hydrogen) atoms. The molecule has 23 nitrogen and oxygen atoms in total. The highest BCUT2D eigenvalue weighted by Crippen LogP contribution is 2.50. The molecule has 2 aliphatic rings. The standard InChI is InChI=1S/C89H152N5O18P/c1-8-12-15-18-21-24-27-30-33-36-39-42-45-48-51-54-60-104-77-64-73(65-78(105-61-55-52-49-46-43-40-37-34-31-28-25-22-19-16-13-9-2)84(77)107-62-56-53-50-47-44-41-38-35-32-29-26-23-20-17-14-10-3)87(99)92(7)59-63-106-82(95)57-58-83(96)111-75-66-80(93-68-71(5)85(97)90-88(93)100)110-79(75)70-108-113(102,103)112-76-67-81(109-74(76)11-4)94-69-72(6)86(98)91-89(94)101/h64-65,68-69,74-76,79-81H,8-63,66-67,70H2,1-7H3,(H,102,103)(H,90,97,100)(H,91,98,101)/t74-,75?,76?,79-,80-,81-/m1/s1. The third-order valence-corrected chi connectivity index (χ3v) is 23.2. The quantitative estimate of drug-likeness (QED) is 0.0269. The predicted octanol–water partition coefficient (Wildman–Crippen LogP) is 21.1. The van der Waals surface area contributed by atoms with E-state index in [1.807, 2.05) is 0 Å². The fourth-order valence-corrected chi connectivity index (χ4v) is 16.1. The summed E-state index contributed by atoms with van der Waals surface area (Å²) in [6, 6.07) is 3.51. The highest BCUT2D eigenvalue weighted by Gasteiger charge is 2.44. The molecule has 2 fully saturated rings. The number of carbonyl (C=O) groups is 3. The molecule has 2 aliphatic heterocycles. The number of esters is 2. The number of unbranched alkanes of at least 4 members (excludes halogenated alkanes) is 45. The fraction of sp³-hybridized carbons (Fsp3) is 0.809. The molecule has 1 aromatic carbocycles. The van der Waals surface area contributed by atoms with Crippen molar-refractivity contribution in [1.82, 2.24) is 24.0 Å². The summed E-state index contributed by atoms with van der Waals surface area (Å²) in [5.41, 5.74) is -1.94. The highest BCUT2D eigenvalue weighted by atomic mass is 31.2. The number of aromatic nitrogens is 4. The molecule has 646 valence electrons. The largest absolute Gasteiger partial charge is 0.490 e. The van der Waals surface area contributed by atoms with Crippen molar-refractivity contribution in [3.8, 4) is 17.2 Å². The fourth-order valence-electron chi connectivity index (χ4n) is 15.1. The number of benzene rings is 1. The van der Waals surface area contributed by atoms with Crippen LogP contribution in [0.4, 0.5) is 0 Å². The summed E-state index contributed by atoms with van der Waals surface area (Å²) in [5, 5.41) is 0. The first-order valence-corrected chi connectivity index (χ1v) is 46.7. The van der Waals surface area contributed by atoms with Crippen molar-refractivity contribution >= 4 is 25.7 Å². The van der Waals surface area contributed by atoms with Crippen LogP contribution in [0.3, 0.4) is 0 Å². The van der Waals surface area contributed by atoms with Gasteiger partial charge in [0.05, 0.1) is 58.0 Å². The molecule has 0 bridgehead atoms. The molecule has 24 heteroatoms. The third-order valence-electron chi connectivity index (χ3n) is 22.2. The lowest BCUT2D eigenvalue weighted by molar-refractivity contribution is -0.156. The maximum atomic E-state index is 14.5. The topological polar surface area (TPSA) is 285 Å². The number of aromatic amines is 2. The lowest BCUT2D eigenvalue weighted by atomic mass is 10.0. The number of H-pyrrole nitrogens is 2. The zero-order chi connectivity index (χ0) is 81.5. The minimum atomic E-state index is -4.95. The van der Waals surface area contributed by atoms with Gasteiger partial charge in [0.2, 0.25) is 5.75 Å². The van der Waals surface area contributed by atoms with Crippen LogP contribution < -0.4 is 36.7 Å². The van der Waals surface area contributed by atoms with E-state index in [9.17, 15) is 43.0 Å². The van der Waals surface area contributed by atoms with Crippen LogP contribution in [0, 0.1) is 13.8 Å². The first kappa shape index (κ1) is 98.0. The number of hydrogen-bond donors (Lipinski definition) is 3. The molecular weight excluding hydrogens is 1460 g/mol. The molecule has 4 heterocycles. The molecule has 3 N–H and O–H groups in total. The van der Waals surface area contributed by atoms with Crippen LogP contribution in [0.2, 0.25) is 0 Å². The van der Waals surface area contributed by atoms with Gasteiger partial charge in [0.1, 0.15) is 31.3 Å². The van der Waals surface area contributed by atoms with Crippen molar-refractivity contribution < 1.29 is 66.0 Å². The number of hydrogen-bond acceptors (Lipinski definition) is 17. The van der Waals surface area contributed by atoms with Crippen molar-refractivity contribution in [2.24, 2.45) is 0 Å². The van der Waals surface area contributed by atoms with E-state index in [2.05, 4.69) is 30.7 Å². The van der Waals surface area contributed by atoms with E-state index in [0.29, 0.717) is 49.1 Å². The van der Waals surface area contributed by atoms with Gasteiger partial charge >= 0.3 is 31.1 Å². The maximum Gasteiger partial charge on any atom is 0.472 e. The summed E-state index contributed by atoms with van der Waals surface area (Å²) >= 11 is 0. The summed E-state index contributed by atoms with van der Waals surface area (Å²) in [7, 11) is -3.32. The molecule has 3 unspecified atom stereocenters. The van der Waals surface area contributed by atoms with Crippen LogP contribution in [0.15, 0.2) is 43.7 Å². The van der Waals surface area contributed by atoms with Crippen LogP contribution in [-0.4, -0.2) is 118 Å². The molecular formula is C89H152N5O18P. The van der Waals surface area contributed by atoms with Gasteiger partial charge in [-0.2, -0.15) is 0 Å². The Morgan fingerprint density at radius 2 is 0.805 bits per heavy atom. The Balaban J connectivity index is 1.18. The van der Waals surface area contributed by atoms with Gasteiger partial charge in [-0.15, -0.1) is 0 Å². The van der Waals surface area contributed by atoms with Gasteiger partial charge < -0.3 is 43.0 Å². The first-order chi connectivity index (χ1) is 54.9. The summed E-state index contributed by atoms with van der Waals surface area (Å²) < 4.78 is 70.5. The van der Waals surface area contributed by atoms with Crippen molar-refractivity contribution in [1.29, 1.82) is 0 Å². The number of nitrogens with one attached hydrogen (secondary N) is 2. The predicted molar refractivity (Wildman–Crippen MR) is 449 cm³/mol. The van der Waals surface area contributed by atoms with Crippen LogP contribution in [0.25, 0.3) is 0 Å². The average Bonchev–Trinajstić information content (AvgIpc) is 1.66. The Morgan fingerprint density at radius 1 is 0.469 bits per heavy atom. The highest BCUT2D eigenvalue weighted by molar-refractivity contribution is 7.47. The number of nitrogens with zero attached hydrogens (tertiary/aromatic N) is 3. The summed E-state index contributed by atoms with van der Waals surface area (Å²) in [4.78, 5) is 109. The Morgan fingerprint density at radius 3 is 1.18 bits per heavy atom. The van der Waals surface area contributed by atoms with Crippen LogP contribution >= 0.6 is 7.82 Å². The zero-order valence-electron chi connectivity index (χ0n) is 71.2. The van der Waals surface area contributed by atoms with Gasteiger partial charge in [-0.1, -0.05) is 317 Å². The number of phosphoric ester groups is 1. The van der Waals surface area contributed by atoms with Crippen LogP contribution in [0.1, 0.15) is 402 Å². The van der Waals surface area contributed by atoms with Gasteiger partial charge in [-0.3, -0.25) is 52.1 Å². The molecule has 0 radical (unpaired) electrons. The Labute approximate surface area is 677 Å². The minimum Gasteiger partial charge on any atom is -0.490 e. The van der Waals surface area contributed by atoms with Gasteiger partial charge in [-0.25, -0.2) is 14.2 Å². The molecule has 0 aliphatic carbocycles. The molecule has 3 aromatic rings. The lowest BCUT2D eigenvalue weighted by Gasteiger charge is -2.23. The van der Waals surface area contributed by atoms with Crippen LogP contribution in [0.5, 0.6) is 17.2 Å². The number of rotatable bonds is 70. The molecule has 1 amide bonds. The number of aryl methyl sites for hydroxylation is 2. The Kier molecular flexibility index (Phi) is 52.0. The molecule has 5 rings (SSSR count). The van der Waals surface area contributed by atoms with E-state index in [0.717, 1.165) is 62.4 Å². The van der Waals surface area contributed by atoms with Crippen molar-refractivity contribution in [2.45, 2.75) is 419 Å². The summed E-state index contributed by atoms with van der Waals surface area (Å²) in [6.07, 6.45) is 56.5. The zero-order valence-corrected chi connectivity index (χ0v) is 72.1. The van der Waals surface area contributed by atoms with Crippen molar-refractivity contribution in [2.75, 3.05) is 46.6 Å². The van der Waals surface area contributed by atoms with Crippen LogP contribution in [-0.2, 0) is 42.1 Å². The summed E-state index contributed by atoms with van der Waals surface area (Å²) in [5.74, 6) is -0.466. The normalized spacial score (nSPS) is 17.4. The van der Waals surface area contributed by atoms with E-state index < -0.39 is 98.6 Å². The molecule has 7 atom stereocenters. The molecule has 2 aromatic heterocycles. The summed E-state index contributed by atoms with van der Waals surface area (Å²) in [6.45, 7) is 12.1. The minimum absolute atomic E-state index is 0.0179. The van der Waals surface area contributed by atoms with Gasteiger partial charge in [0, 0.05) is 49.0 Å². The average molecular weight is 1610 g/mol. The number of carbonyl (C=O) groups excluding carboxylic acids is 3. The monoisotopic (exact) mass is 1610 g/mol. The second kappa shape index (κ2) is 60.0. The third kappa shape index (κ3) is 41.4. The molecule has 0 saturated carbocycles. The van der Waals surface area contributed by atoms with Gasteiger partial charge in [-0.05, 0) is 51.7 Å². The maximum absolute atomic E-state index is 14.5. The van der Waals surface area contributed by atoms with Gasteiger partial charge in [0.25, 0.3) is 17.0 Å². The first-order valence-electron chi connectivity index (χ1n) is 45.2. The number of amides is 1. The van der Waals surface area contributed by atoms with Crippen molar-refractivity contribution in [3.63, 3.8) is 0 Å². The second-order valence-corrected chi connectivity index (χ2v) is 33.6. The molecule has 2 saturated heterocycles. The molecule has 0 spiro atoms. The lowest BCUT2D eigenvalue weighted by Crippen LogP contribution is -2.33. The van der Waals surface area contributed by atoms with Crippen molar-refractivity contribution in [3.05, 3.63) is 82.9 Å². The van der Waals surface area contributed by atoms with E-state index >= 15 is 0 Å². The van der Waals surface area contributed by atoms with E-state index in [1.165, 1.54) is 286 Å². The Bertz CT molecular complexity index is 3300. The number of ether oxygens (including phenoxy) is 7. The Hall–Kier alpha value is -5.58. The number of likely N-dealkylation sites (N-methyl/N-ethyl adjacent to an activating group) is 1.